The highest BCUT2D eigenvalue weighted by Gasteiger charge is 2.32. The highest BCUT2D eigenvalue weighted by molar-refractivity contribution is 5.85. The largest absolute Gasteiger partial charge is 0.493 e. The molecule has 0 radical (unpaired) electrons. The maximum absolute atomic E-state index is 12.5. The Morgan fingerprint density at radius 2 is 2.00 bits per heavy atom. The van der Waals surface area contributed by atoms with Crippen LogP contribution in [-0.4, -0.2) is 26.7 Å². The van der Waals surface area contributed by atoms with Crippen LogP contribution in [0.2, 0.25) is 0 Å². The maximum Gasteiger partial charge on any atom is 0.223 e. The van der Waals surface area contributed by atoms with E-state index < -0.39 is 0 Å². The van der Waals surface area contributed by atoms with E-state index >= 15 is 0 Å². The first kappa shape index (κ1) is 19.6. The number of amides is 1. The molecule has 0 aromatic heterocycles. The van der Waals surface area contributed by atoms with Crippen LogP contribution in [0.3, 0.4) is 0 Å². The van der Waals surface area contributed by atoms with Gasteiger partial charge in [0.05, 0.1) is 20.3 Å². The van der Waals surface area contributed by atoms with E-state index in [9.17, 15) is 4.79 Å². The van der Waals surface area contributed by atoms with Gasteiger partial charge >= 0.3 is 0 Å². The normalized spacial score (nSPS) is 21.2. The second-order valence-corrected chi connectivity index (χ2v) is 5.88. The van der Waals surface area contributed by atoms with Crippen LogP contribution in [0.15, 0.2) is 18.2 Å². The average Bonchev–Trinajstić information content (AvgIpc) is 3.02. The summed E-state index contributed by atoms with van der Waals surface area (Å²) in [7, 11) is 3.21. The zero-order chi connectivity index (χ0) is 16.1. The fourth-order valence-corrected chi connectivity index (χ4v) is 3.19. The molecule has 0 heterocycles. The first-order valence-corrected chi connectivity index (χ1v) is 7.83. The molecule has 3 atom stereocenters. The number of ether oxygens (including phenoxy) is 2. The maximum atomic E-state index is 12.5. The molecule has 1 aromatic carbocycles. The van der Waals surface area contributed by atoms with Gasteiger partial charge in [-0.1, -0.05) is 12.5 Å². The Labute approximate surface area is 144 Å². The van der Waals surface area contributed by atoms with Crippen molar-refractivity contribution in [3.63, 3.8) is 0 Å². The monoisotopic (exact) mass is 342 g/mol. The van der Waals surface area contributed by atoms with Gasteiger partial charge in [0.15, 0.2) is 11.5 Å². The minimum atomic E-state index is -0.0775. The molecule has 1 amide bonds. The van der Waals surface area contributed by atoms with Crippen molar-refractivity contribution in [3.8, 4) is 11.5 Å². The van der Waals surface area contributed by atoms with E-state index in [1.807, 2.05) is 25.1 Å². The lowest BCUT2D eigenvalue weighted by molar-refractivity contribution is -0.126. The minimum Gasteiger partial charge on any atom is -0.493 e. The number of hydrogen-bond acceptors (Lipinski definition) is 4. The van der Waals surface area contributed by atoms with Gasteiger partial charge in [-0.05, 0) is 49.9 Å². The molecule has 0 saturated heterocycles. The Hall–Kier alpha value is -1.46. The van der Waals surface area contributed by atoms with E-state index in [4.69, 9.17) is 15.2 Å². The van der Waals surface area contributed by atoms with Gasteiger partial charge in [0.1, 0.15) is 0 Å². The first-order chi connectivity index (χ1) is 10.6. The fraction of sp³-hybridized carbons (Fsp3) is 0.588. The predicted octanol–water partition coefficient (Wildman–Crippen LogP) is 2.68. The standard InChI is InChI=1S/C17H26N2O3.ClH/c1-11(12-7-8-15(21-2)16(9-12)22-3)19-17(20)14-6-4-5-13(14)10-18;/h7-9,11,13-14H,4-6,10,18H2,1-3H3,(H,19,20);1H/t11?,13-,14-;/m1./s1. The summed E-state index contributed by atoms with van der Waals surface area (Å²) in [6, 6.07) is 5.63. The molecule has 1 saturated carbocycles. The van der Waals surface area contributed by atoms with Crippen molar-refractivity contribution in [2.75, 3.05) is 20.8 Å². The number of benzene rings is 1. The molecule has 6 heteroatoms. The Morgan fingerprint density at radius 3 is 2.61 bits per heavy atom. The molecule has 0 bridgehead atoms. The van der Waals surface area contributed by atoms with Crippen LogP contribution in [0.4, 0.5) is 0 Å². The van der Waals surface area contributed by atoms with Crippen LogP contribution in [0, 0.1) is 11.8 Å². The van der Waals surface area contributed by atoms with Gasteiger partial charge in [-0.25, -0.2) is 0 Å². The number of halogens is 1. The molecule has 1 fully saturated rings. The SMILES string of the molecule is COc1ccc(C(C)NC(=O)[C@@H]2CCC[C@@H]2CN)cc1OC.Cl. The Morgan fingerprint density at radius 1 is 1.30 bits per heavy atom. The van der Waals surface area contributed by atoms with Crippen LogP contribution in [0.25, 0.3) is 0 Å². The van der Waals surface area contributed by atoms with Crippen molar-refractivity contribution >= 4 is 18.3 Å². The number of carbonyl (C=O) groups is 1. The molecule has 130 valence electrons. The van der Waals surface area contributed by atoms with Crippen LogP contribution < -0.4 is 20.5 Å². The summed E-state index contributed by atoms with van der Waals surface area (Å²) in [4.78, 5) is 12.5. The summed E-state index contributed by atoms with van der Waals surface area (Å²) in [5.41, 5.74) is 6.76. The number of nitrogens with one attached hydrogen (secondary N) is 1. The molecule has 1 aliphatic rings. The molecule has 1 aliphatic carbocycles. The van der Waals surface area contributed by atoms with E-state index in [1.165, 1.54) is 0 Å². The van der Waals surface area contributed by atoms with E-state index in [0.29, 0.717) is 24.0 Å². The van der Waals surface area contributed by atoms with Crippen molar-refractivity contribution in [1.29, 1.82) is 0 Å². The van der Waals surface area contributed by atoms with Gasteiger partial charge in [-0.2, -0.15) is 0 Å². The summed E-state index contributed by atoms with van der Waals surface area (Å²) >= 11 is 0. The number of nitrogens with two attached hydrogens (primary N) is 1. The number of rotatable bonds is 6. The van der Waals surface area contributed by atoms with Gasteiger partial charge in [-0.3, -0.25) is 4.79 Å². The number of carbonyl (C=O) groups excluding carboxylic acids is 1. The van der Waals surface area contributed by atoms with Gasteiger partial charge in [0.2, 0.25) is 5.91 Å². The molecule has 3 N–H and O–H groups in total. The predicted molar refractivity (Wildman–Crippen MR) is 93.2 cm³/mol. The summed E-state index contributed by atoms with van der Waals surface area (Å²) < 4.78 is 10.5. The van der Waals surface area contributed by atoms with E-state index in [0.717, 1.165) is 24.8 Å². The van der Waals surface area contributed by atoms with E-state index in [2.05, 4.69) is 5.32 Å². The lowest BCUT2D eigenvalue weighted by Gasteiger charge is -2.21. The molecule has 1 unspecified atom stereocenters. The third kappa shape index (κ3) is 4.52. The van der Waals surface area contributed by atoms with Crippen molar-refractivity contribution in [3.05, 3.63) is 23.8 Å². The van der Waals surface area contributed by atoms with Crippen molar-refractivity contribution < 1.29 is 14.3 Å². The fourth-order valence-electron chi connectivity index (χ4n) is 3.19. The summed E-state index contributed by atoms with van der Waals surface area (Å²) in [5.74, 6) is 1.82. The third-order valence-corrected chi connectivity index (χ3v) is 4.56. The van der Waals surface area contributed by atoms with Gasteiger partial charge in [-0.15, -0.1) is 12.4 Å². The topological polar surface area (TPSA) is 73.6 Å². The second kappa shape index (κ2) is 8.99. The first-order valence-electron chi connectivity index (χ1n) is 7.83. The van der Waals surface area contributed by atoms with Crippen molar-refractivity contribution in [2.24, 2.45) is 17.6 Å². The van der Waals surface area contributed by atoms with Crippen molar-refractivity contribution in [1.82, 2.24) is 5.32 Å². The quantitative estimate of drug-likeness (QED) is 0.833. The second-order valence-electron chi connectivity index (χ2n) is 5.88. The lowest BCUT2D eigenvalue weighted by atomic mass is 9.94. The minimum absolute atomic E-state index is 0. The van der Waals surface area contributed by atoms with Crippen LogP contribution in [-0.2, 0) is 4.79 Å². The number of hydrogen-bond donors (Lipinski definition) is 2. The Bertz CT molecular complexity index is 525. The zero-order valence-corrected chi connectivity index (χ0v) is 14.8. The van der Waals surface area contributed by atoms with Crippen molar-refractivity contribution in [2.45, 2.75) is 32.2 Å². The highest BCUT2D eigenvalue weighted by Crippen LogP contribution is 2.33. The Balaban J connectivity index is 0.00000264. The van der Waals surface area contributed by atoms with Crippen LogP contribution in [0.1, 0.15) is 37.8 Å². The average molecular weight is 343 g/mol. The molecule has 0 spiro atoms. The van der Waals surface area contributed by atoms with Crippen LogP contribution in [0.5, 0.6) is 11.5 Å². The Kier molecular flexibility index (Phi) is 7.65. The molecular weight excluding hydrogens is 316 g/mol. The molecule has 23 heavy (non-hydrogen) atoms. The molecule has 1 aromatic rings. The molecular formula is C17H27ClN2O3. The molecule has 5 nitrogen and oxygen atoms in total. The molecule has 2 rings (SSSR count). The van der Waals surface area contributed by atoms with Gasteiger partial charge in [0, 0.05) is 5.92 Å². The number of methoxy groups -OCH3 is 2. The summed E-state index contributed by atoms with van der Waals surface area (Å²) in [5, 5.41) is 3.10. The van der Waals surface area contributed by atoms with Crippen LogP contribution >= 0.6 is 12.4 Å². The third-order valence-electron chi connectivity index (χ3n) is 4.56. The summed E-state index contributed by atoms with van der Waals surface area (Å²) in [6.45, 7) is 2.56. The zero-order valence-electron chi connectivity index (χ0n) is 14.0. The van der Waals surface area contributed by atoms with E-state index in [-0.39, 0.29) is 30.3 Å². The van der Waals surface area contributed by atoms with Gasteiger partial charge < -0.3 is 20.5 Å². The highest BCUT2D eigenvalue weighted by atomic mass is 35.5. The summed E-state index contributed by atoms with van der Waals surface area (Å²) in [6.07, 6.45) is 3.08. The van der Waals surface area contributed by atoms with E-state index in [1.54, 1.807) is 14.2 Å². The lowest BCUT2D eigenvalue weighted by Crippen LogP contribution is -2.36. The smallest absolute Gasteiger partial charge is 0.223 e. The molecule has 0 aliphatic heterocycles. The van der Waals surface area contributed by atoms with Gasteiger partial charge in [0.25, 0.3) is 0 Å².